The molecule has 0 aliphatic heterocycles. The topological polar surface area (TPSA) is 50.9 Å². The molecular weight excluding hydrogens is 174 g/mol. The lowest BCUT2D eigenvalue weighted by Crippen LogP contribution is -1.99. The lowest BCUT2D eigenvalue weighted by molar-refractivity contribution is 1.17. The summed E-state index contributed by atoms with van der Waals surface area (Å²) in [5, 5.41) is 5.45. The van der Waals surface area contributed by atoms with Gasteiger partial charge in [-0.25, -0.2) is 4.98 Å². The molecule has 2 rings (SSSR count). The van der Waals surface area contributed by atoms with E-state index >= 15 is 0 Å². The number of nitrogen functional groups attached to an aromatic ring is 1. The van der Waals surface area contributed by atoms with Crippen LogP contribution in [-0.2, 0) is 0 Å². The molecule has 0 atom stereocenters. The molecule has 14 heavy (non-hydrogen) atoms. The smallest absolute Gasteiger partial charge is 0.133 e. The van der Waals surface area contributed by atoms with Gasteiger partial charge in [0.1, 0.15) is 5.82 Å². The number of anilines is 2. The summed E-state index contributed by atoms with van der Waals surface area (Å²) in [7, 11) is 0. The second-order valence-corrected chi connectivity index (χ2v) is 3.17. The van der Waals surface area contributed by atoms with Crippen LogP contribution < -0.4 is 11.1 Å². The van der Waals surface area contributed by atoms with Crippen molar-refractivity contribution in [3.05, 3.63) is 30.5 Å². The van der Waals surface area contributed by atoms with Gasteiger partial charge in [0.05, 0.1) is 0 Å². The standard InChI is InChI=1S/C11H13N3/c1-2-13-11-10-4-3-9(12)7-8(10)5-6-14-11/h3-7H,2,12H2,1H3,(H,13,14). The number of rotatable bonds is 2. The predicted molar refractivity (Wildman–Crippen MR) is 60.3 cm³/mol. The van der Waals surface area contributed by atoms with E-state index in [-0.39, 0.29) is 0 Å². The number of aromatic nitrogens is 1. The van der Waals surface area contributed by atoms with Crippen molar-refractivity contribution in [2.45, 2.75) is 6.92 Å². The minimum atomic E-state index is 0.783. The Kier molecular flexibility index (Phi) is 2.23. The zero-order valence-electron chi connectivity index (χ0n) is 8.12. The van der Waals surface area contributed by atoms with Crippen LogP contribution in [0.2, 0.25) is 0 Å². The van der Waals surface area contributed by atoms with Crippen molar-refractivity contribution in [3.8, 4) is 0 Å². The average Bonchev–Trinajstić information content (AvgIpc) is 2.18. The van der Waals surface area contributed by atoms with Crippen molar-refractivity contribution in [3.63, 3.8) is 0 Å². The second-order valence-electron chi connectivity index (χ2n) is 3.17. The molecule has 0 saturated carbocycles. The molecule has 0 amide bonds. The monoisotopic (exact) mass is 187 g/mol. The molecule has 3 N–H and O–H groups in total. The van der Waals surface area contributed by atoms with Crippen molar-refractivity contribution < 1.29 is 0 Å². The Hall–Kier alpha value is -1.77. The number of nitrogens with zero attached hydrogens (tertiary/aromatic N) is 1. The van der Waals surface area contributed by atoms with Crippen LogP contribution in [0.3, 0.4) is 0 Å². The van der Waals surface area contributed by atoms with Gasteiger partial charge in [0, 0.05) is 23.8 Å². The predicted octanol–water partition coefficient (Wildman–Crippen LogP) is 2.25. The van der Waals surface area contributed by atoms with Gasteiger partial charge in [0.2, 0.25) is 0 Å². The largest absolute Gasteiger partial charge is 0.399 e. The van der Waals surface area contributed by atoms with Gasteiger partial charge < -0.3 is 11.1 Å². The fourth-order valence-corrected chi connectivity index (χ4v) is 1.50. The normalized spacial score (nSPS) is 10.4. The van der Waals surface area contributed by atoms with E-state index < -0.39 is 0 Å². The summed E-state index contributed by atoms with van der Waals surface area (Å²) in [4.78, 5) is 4.27. The maximum Gasteiger partial charge on any atom is 0.133 e. The number of hydrogen-bond acceptors (Lipinski definition) is 3. The molecule has 1 heterocycles. The number of hydrogen-bond donors (Lipinski definition) is 2. The minimum Gasteiger partial charge on any atom is -0.399 e. The Morgan fingerprint density at radius 3 is 3.00 bits per heavy atom. The Morgan fingerprint density at radius 2 is 2.21 bits per heavy atom. The molecule has 3 heteroatoms. The van der Waals surface area contributed by atoms with Crippen LogP contribution in [0.1, 0.15) is 6.92 Å². The first-order valence-corrected chi connectivity index (χ1v) is 4.69. The molecule has 0 radical (unpaired) electrons. The number of nitrogens with two attached hydrogens (primary N) is 1. The molecule has 3 nitrogen and oxygen atoms in total. The summed E-state index contributed by atoms with van der Waals surface area (Å²) in [5.41, 5.74) is 6.49. The van der Waals surface area contributed by atoms with Gasteiger partial charge in [-0.15, -0.1) is 0 Å². The molecule has 2 aromatic rings. The van der Waals surface area contributed by atoms with E-state index in [0.29, 0.717) is 0 Å². The van der Waals surface area contributed by atoms with Crippen LogP contribution in [0.15, 0.2) is 30.5 Å². The second kappa shape index (κ2) is 3.54. The van der Waals surface area contributed by atoms with Gasteiger partial charge in [-0.2, -0.15) is 0 Å². The van der Waals surface area contributed by atoms with Crippen molar-refractivity contribution >= 4 is 22.3 Å². The molecule has 0 unspecified atom stereocenters. The van der Waals surface area contributed by atoms with Gasteiger partial charge in [-0.05, 0) is 36.6 Å². The molecule has 0 aliphatic carbocycles. The molecule has 0 fully saturated rings. The SMILES string of the molecule is CCNc1nccc2cc(N)ccc12. The Labute approximate surface area is 83.0 Å². The van der Waals surface area contributed by atoms with Crippen LogP contribution in [0.25, 0.3) is 10.8 Å². The Balaban J connectivity index is 2.62. The van der Waals surface area contributed by atoms with Crippen molar-refractivity contribution in [1.29, 1.82) is 0 Å². The first kappa shape index (κ1) is 8.81. The lowest BCUT2D eigenvalue weighted by atomic mass is 10.1. The third-order valence-corrected chi connectivity index (χ3v) is 2.13. The van der Waals surface area contributed by atoms with Gasteiger partial charge in [0.25, 0.3) is 0 Å². The summed E-state index contributed by atoms with van der Waals surface area (Å²) in [6.45, 7) is 2.92. The van der Waals surface area contributed by atoms with Gasteiger partial charge in [-0.1, -0.05) is 0 Å². The maximum absolute atomic E-state index is 5.71. The molecule has 72 valence electrons. The highest BCUT2D eigenvalue weighted by atomic mass is 15.0. The maximum atomic E-state index is 5.71. The van der Waals surface area contributed by atoms with Gasteiger partial charge in [-0.3, -0.25) is 0 Å². The van der Waals surface area contributed by atoms with Crippen LogP contribution in [0, 0.1) is 0 Å². The third-order valence-electron chi connectivity index (χ3n) is 2.13. The molecule has 1 aromatic heterocycles. The van der Waals surface area contributed by atoms with Crippen molar-refractivity contribution in [2.24, 2.45) is 0 Å². The zero-order chi connectivity index (χ0) is 9.97. The Morgan fingerprint density at radius 1 is 1.36 bits per heavy atom. The molecule has 0 saturated heterocycles. The number of fused-ring (bicyclic) bond motifs is 1. The van der Waals surface area contributed by atoms with E-state index in [4.69, 9.17) is 5.73 Å². The fourth-order valence-electron chi connectivity index (χ4n) is 1.50. The van der Waals surface area contributed by atoms with E-state index in [9.17, 15) is 0 Å². The third kappa shape index (κ3) is 1.48. The zero-order valence-corrected chi connectivity index (χ0v) is 8.12. The van der Waals surface area contributed by atoms with Crippen LogP contribution in [0.4, 0.5) is 11.5 Å². The molecule has 0 bridgehead atoms. The van der Waals surface area contributed by atoms with E-state index in [0.717, 1.165) is 28.8 Å². The molecular formula is C11H13N3. The summed E-state index contributed by atoms with van der Waals surface area (Å²) in [5.74, 6) is 0.921. The number of benzene rings is 1. The first-order chi connectivity index (χ1) is 6.81. The van der Waals surface area contributed by atoms with Crippen LogP contribution in [-0.4, -0.2) is 11.5 Å². The summed E-state index contributed by atoms with van der Waals surface area (Å²) in [6, 6.07) is 7.81. The minimum absolute atomic E-state index is 0.783. The van der Waals surface area contributed by atoms with E-state index in [1.54, 1.807) is 6.20 Å². The van der Waals surface area contributed by atoms with Crippen LogP contribution >= 0.6 is 0 Å². The number of nitrogens with one attached hydrogen (secondary N) is 1. The molecule has 0 spiro atoms. The first-order valence-electron chi connectivity index (χ1n) is 4.69. The Bertz CT molecular complexity index is 451. The van der Waals surface area contributed by atoms with E-state index in [2.05, 4.69) is 17.2 Å². The fraction of sp³-hybridized carbons (Fsp3) is 0.182. The quantitative estimate of drug-likeness (QED) is 0.709. The summed E-state index contributed by atoms with van der Waals surface area (Å²) >= 11 is 0. The van der Waals surface area contributed by atoms with Crippen molar-refractivity contribution in [1.82, 2.24) is 4.98 Å². The summed E-state index contributed by atoms with van der Waals surface area (Å²) in [6.07, 6.45) is 1.79. The highest BCUT2D eigenvalue weighted by Crippen LogP contribution is 2.22. The molecule has 0 aliphatic rings. The van der Waals surface area contributed by atoms with Crippen LogP contribution in [0.5, 0.6) is 0 Å². The highest BCUT2D eigenvalue weighted by Gasteiger charge is 2.00. The van der Waals surface area contributed by atoms with Gasteiger partial charge in [0.15, 0.2) is 0 Å². The van der Waals surface area contributed by atoms with E-state index in [1.807, 2.05) is 24.3 Å². The number of pyridine rings is 1. The van der Waals surface area contributed by atoms with Gasteiger partial charge >= 0.3 is 0 Å². The molecule has 1 aromatic carbocycles. The summed E-state index contributed by atoms with van der Waals surface area (Å²) < 4.78 is 0. The van der Waals surface area contributed by atoms with E-state index in [1.165, 1.54) is 0 Å². The lowest BCUT2D eigenvalue weighted by Gasteiger charge is -2.06. The highest BCUT2D eigenvalue weighted by molar-refractivity contribution is 5.93. The average molecular weight is 187 g/mol. The van der Waals surface area contributed by atoms with Crippen molar-refractivity contribution in [2.75, 3.05) is 17.6 Å².